The molecule has 0 aromatic heterocycles. The first-order chi connectivity index (χ1) is 13.2. The van der Waals surface area contributed by atoms with Crippen LogP contribution in [0.4, 0.5) is 26.3 Å². The highest BCUT2D eigenvalue weighted by atomic mass is 32.2. The summed E-state index contributed by atoms with van der Waals surface area (Å²) < 4.78 is 109. The predicted octanol–water partition coefficient (Wildman–Crippen LogP) is 3.22. The fourth-order valence-corrected chi connectivity index (χ4v) is 4.57. The monoisotopic (exact) mass is 447 g/mol. The molecule has 0 fully saturated rings. The molecule has 0 bridgehead atoms. The van der Waals surface area contributed by atoms with Crippen molar-refractivity contribution in [2.45, 2.75) is 42.1 Å². The van der Waals surface area contributed by atoms with Crippen molar-refractivity contribution < 1.29 is 44.6 Å². The van der Waals surface area contributed by atoms with Gasteiger partial charge in [-0.3, -0.25) is 0 Å². The maximum Gasteiger partial charge on any atom is 0.430 e. The molecule has 2 unspecified atom stereocenters. The Morgan fingerprint density at radius 2 is 1.62 bits per heavy atom. The number of hydrogen-bond donors (Lipinski definition) is 1. The molecule has 0 amide bonds. The highest BCUT2D eigenvalue weighted by Crippen LogP contribution is 2.48. The summed E-state index contributed by atoms with van der Waals surface area (Å²) in [5, 5.41) is 8.47. The summed E-state index contributed by atoms with van der Waals surface area (Å²) in [5.74, 6) is 0.475. The lowest BCUT2D eigenvalue weighted by molar-refractivity contribution is -0.351. The highest BCUT2D eigenvalue weighted by Gasteiger charge is 2.71. The third kappa shape index (κ3) is 4.24. The van der Waals surface area contributed by atoms with Gasteiger partial charge in [-0.2, -0.15) is 30.6 Å². The molecular formula is C17H19F6NO4S. The van der Waals surface area contributed by atoms with Gasteiger partial charge >= 0.3 is 12.4 Å². The topological polar surface area (TPSA) is 66.8 Å². The number of ether oxygens (including phenoxy) is 1. The summed E-state index contributed by atoms with van der Waals surface area (Å²) in [6, 6.07) is -1.00. The smallest absolute Gasteiger partial charge is 0.430 e. The summed E-state index contributed by atoms with van der Waals surface area (Å²) >= 11 is 0. The Morgan fingerprint density at radius 3 is 2.00 bits per heavy atom. The predicted molar refractivity (Wildman–Crippen MR) is 92.0 cm³/mol. The van der Waals surface area contributed by atoms with E-state index >= 15 is 0 Å². The van der Waals surface area contributed by atoms with Gasteiger partial charge in [0.05, 0.1) is 12.4 Å². The largest absolute Gasteiger partial charge is 0.497 e. The molecule has 2 aliphatic rings. The van der Waals surface area contributed by atoms with Gasteiger partial charge in [-0.15, -0.1) is 0 Å². The second-order valence-corrected chi connectivity index (χ2v) is 8.74. The number of alkyl halides is 6. The number of nitrogens with zero attached hydrogens (tertiary/aromatic N) is 1. The first-order valence-electron chi connectivity index (χ1n) is 8.30. The lowest BCUT2D eigenvalue weighted by Gasteiger charge is -2.36. The fraction of sp³-hybridized carbons (Fsp3) is 0.529. The Hall–Kier alpha value is -1.79. The van der Waals surface area contributed by atoms with E-state index in [4.69, 9.17) is 4.74 Å². The highest BCUT2D eigenvalue weighted by molar-refractivity contribution is 7.89. The number of hydrogen-bond acceptors (Lipinski definition) is 4. The van der Waals surface area contributed by atoms with E-state index in [1.165, 1.54) is 26.3 Å². The van der Waals surface area contributed by atoms with Crippen LogP contribution in [0.25, 0.3) is 0 Å². The molecule has 5 nitrogen and oxygen atoms in total. The Kier molecular flexibility index (Phi) is 6.32. The van der Waals surface area contributed by atoms with Crippen molar-refractivity contribution in [1.29, 1.82) is 0 Å². The maximum atomic E-state index is 13.0. The zero-order chi connectivity index (χ0) is 22.3. The van der Waals surface area contributed by atoms with Gasteiger partial charge in [-0.25, -0.2) is 8.42 Å². The van der Waals surface area contributed by atoms with Crippen LogP contribution >= 0.6 is 0 Å². The molecule has 0 aliphatic heterocycles. The van der Waals surface area contributed by atoms with Crippen LogP contribution < -0.4 is 0 Å². The molecule has 0 radical (unpaired) electrons. The molecule has 2 rings (SSSR count). The number of aliphatic hydroxyl groups is 1. The van der Waals surface area contributed by atoms with Crippen LogP contribution in [0.1, 0.15) is 12.8 Å². The lowest BCUT2D eigenvalue weighted by Crippen LogP contribution is -2.58. The molecular weight excluding hydrogens is 428 g/mol. The van der Waals surface area contributed by atoms with E-state index in [0.29, 0.717) is 17.9 Å². The van der Waals surface area contributed by atoms with Gasteiger partial charge in [0.25, 0.3) is 5.60 Å². The standard InChI is InChI=1S/C17H19F6NO4S/c1-24(29(26,27)14-9-7-13(28-2)8-10-14)12-5-3-11(4-6-12)15(25,16(18,19)20)17(21,22)23/h3-5,7-9,12,14,25H,6,10H2,1-2H3. The fourth-order valence-electron chi connectivity index (χ4n) is 2.99. The summed E-state index contributed by atoms with van der Waals surface area (Å²) in [7, 11) is -1.34. The molecule has 0 aromatic rings. The van der Waals surface area contributed by atoms with E-state index in [2.05, 4.69) is 0 Å². The second-order valence-electron chi connectivity index (χ2n) is 6.53. The number of rotatable bonds is 5. The normalized spacial score (nSPS) is 23.8. The van der Waals surface area contributed by atoms with Crippen molar-refractivity contribution in [3.8, 4) is 0 Å². The van der Waals surface area contributed by atoms with Crippen molar-refractivity contribution in [2.75, 3.05) is 14.2 Å². The molecule has 2 aliphatic carbocycles. The zero-order valence-corrected chi connectivity index (χ0v) is 16.1. The van der Waals surface area contributed by atoms with Crippen LogP contribution in [0.5, 0.6) is 0 Å². The van der Waals surface area contributed by atoms with Crippen LogP contribution in [0.15, 0.2) is 47.8 Å². The van der Waals surface area contributed by atoms with Crippen LogP contribution in [-0.4, -0.2) is 61.2 Å². The molecule has 0 saturated heterocycles. The summed E-state index contributed by atoms with van der Waals surface area (Å²) in [6.07, 6.45) is -6.04. The van der Waals surface area contributed by atoms with Gasteiger partial charge in [0.15, 0.2) is 0 Å². The average molecular weight is 447 g/mol. The minimum absolute atomic E-state index is 0.103. The second kappa shape index (κ2) is 7.80. The summed E-state index contributed by atoms with van der Waals surface area (Å²) in [4.78, 5) is 0. The van der Waals surface area contributed by atoms with Crippen LogP contribution in [0.2, 0.25) is 0 Å². The molecule has 0 saturated carbocycles. The molecule has 29 heavy (non-hydrogen) atoms. The molecule has 12 heteroatoms. The Morgan fingerprint density at radius 1 is 1.03 bits per heavy atom. The van der Waals surface area contributed by atoms with E-state index in [-0.39, 0.29) is 6.42 Å². The zero-order valence-electron chi connectivity index (χ0n) is 15.3. The summed E-state index contributed by atoms with van der Waals surface area (Å²) in [5.41, 5.74) is -6.43. The van der Waals surface area contributed by atoms with Crippen LogP contribution in [0.3, 0.4) is 0 Å². The SMILES string of the molecule is COC1=CCC(S(=O)(=O)N(C)C2C=CC(C(O)(C(F)(F)F)C(F)(F)F)=CC2)C=C1. The van der Waals surface area contributed by atoms with Crippen LogP contribution in [0, 0.1) is 0 Å². The average Bonchev–Trinajstić information content (AvgIpc) is 2.65. The van der Waals surface area contributed by atoms with Crippen molar-refractivity contribution in [3.63, 3.8) is 0 Å². The number of allylic oxidation sites excluding steroid dienone is 2. The van der Waals surface area contributed by atoms with Gasteiger partial charge in [0.1, 0.15) is 5.76 Å². The molecule has 0 aromatic carbocycles. The van der Waals surface area contributed by atoms with Crippen molar-refractivity contribution in [3.05, 3.63) is 47.8 Å². The van der Waals surface area contributed by atoms with E-state index in [9.17, 15) is 39.9 Å². The van der Waals surface area contributed by atoms with Crippen LogP contribution in [-0.2, 0) is 14.8 Å². The molecule has 0 heterocycles. The van der Waals surface area contributed by atoms with Gasteiger partial charge in [-0.1, -0.05) is 24.3 Å². The van der Waals surface area contributed by atoms with Gasteiger partial charge in [0.2, 0.25) is 10.0 Å². The first-order valence-corrected chi connectivity index (χ1v) is 9.80. The minimum atomic E-state index is -6.00. The minimum Gasteiger partial charge on any atom is -0.497 e. The molecule has 0 spiro atoms. The molecule has 1 N–H and O–H groups in total. The van der Waals surface area contributed by atoms with E-state index in [1.54, 1.807) is 6.08 Å². The Labute approximate surface area is 163 Å². The Bertz CT molecular complexity index is 840. The number of methoxy groups -OCH3 is 1. The van der Waals surface area contributed by atoms with Crippen molar-refractivity contribution in [1.82, 2.24) is 4.31 Å². The first kappa shape index (κ1) is 23.5. The van der Waals surface area contributed by atoms with Crippen molar-refractivity contribution in [2.24, 2.45) is 0 Å². The summed E-state index contributed by atoms with van der Waals surface area (Å²) in [6.45, 7) is 0. The van der Waals surface area contributed by atoms with Gasteiger partial charge in [-0.05, 0) is 30.6 Å². The van der Waals surface area contributed by atoms with Gasteiger partial charge in [0, 0.05) is 13.1 Å². The number of halogens is 6. The molecule has 2 atom stereocenters. The van der Waals surface area contributed by atoms with E-state index in [0.717, 1.165) is 10.4 Å². The quantitative estimate of drug-likeness (QED) is 0.658. The Balaban J connectivity index is 2.22. The van der Waals surface area contributed by atoms with Gasteiger partial charge < -0.3 is 9.84 Å². The lowest BCUT2D eigenvalue weighted by atomic mass is 9.87. The van der Waals surface area contributed by atoms with E-state index in [1.807, 2.05) is 0 Å². The third-order valence-electron chi connectivity index (χ3n) is 4.83. The number of likely N-dealkylation sites (N-methyl/N-ethyl adjacent to an activating group) is 1. The maximum absolute atomic E-state index is 13.0. The van der Waals surface area contributed by atoms with Crippen molar-refractivity contribution >= 4 is 10.0 Å². The number of sulfonamides is 1. The molecule has 164 valence electrons. The van der Waals surface area contributed by atoms with E-state index < -0.39 is 51.3 Å². The third-order valence-corrected chi connectivity index (χ3v) is 7.02.